The van der Waals surface area contributed by atoms with Crippen LogP contribution < -0.4 is 4.90 Å². The highest BCUT2D eigenvalue weighted by Gasteiger charge is 2.24. The number of benzene rings is 1. The zero-order chi connectivity index (χ0) is 18.5. The predicted molar refractivity (Wildman–Crippen MR) is 99.8 cm³/mol. The maximum atomic E-state index is 13.5. The molecule has 1 amide bonds. The van der Waals surface area contributed by atoms with E-state index in [1.807, 2.05) is 0 Å². The monoisotopic (exact) mass is 378 g/mol. The third kappa shape index (κ3) is 4.84. The molecule has 2 heterocycles. The number of hydrogen-bond acceptors (Lipinski definition) is 6. The van der Waals surface area contributed by atoms with Crippen LogP contribution in [0.2, 0.25) is 0 Å². The van der Waals surface area contributed by atoms with Crippen LogP contribution in [0.3, 0.4) is 0 Å². The number of hydrogen-bond donors (Lipinski definition) is 0. The average Bonchev–Trinajstić information content (AvgIpc) is 3.10. The van der Waals surface area contributed by atoms with Gasteiger partial charge in [0.2, 0.25) is 11.0 Å². The van der Waals surface area contributed by atoms with E-state index in [0.717, 1.165) is 13.1 Å². The lowest BCUT2D eigenvalue weighted by atomic mass is 10.2. The highest BCUT2D eigenvalue weighted by molar-refractivity contribution is 7.18. The highest BCUT2D eigenvalue weighted by atomic mass is 32.1. The van der Waals surface area contributed by atoms with Crippen LogP contribution in [0.4, 0.5) is 9.52 Å². The summed E-state index contributed by atoms with van der Waals surface area (Å²) in [6.07, 6.45) is 0. The SMILES string of the molecule is CC(C)CN(C(=O)CN1CCOCC1)c1nnc(-c2cccc(F)c2)s1. The van der Waals surface area contributed by atoms with Crippen molar-refractivity contribution in [2.45, 2.75) is 13.8 Å². The van der Waals surface area contributed by atoms with Crippen LogP contribution in [0.1, 0.15) is 13.8 Å². The third-order valence-corrected chi connectivity index (χ3v) is 5.02. The minimum absolute atomic E-state index is 0.00235. The van der Waals surface area contributed by atoms with Crippen molar-refractivity contribution in [3.05, 3.63) is 30.1 Å². The molecule has 6 nitrogen and oxygen atoms in total. The van der Waals surface area contributed by atoms with Crippen LogP contribution in [-0.4, -0.2) is 60.4 Å². The number of aromatic nitrogens is 2. The number of ether oxygens (including phenoxy) is 1. The van der Waals surface area contributed by atoms with E-state index in [9.17, 15) is 9.18 Å². The van der Waals surface area contributed by atoms with Crippen LogP contribution in [0.5, 0.6) is 0 Å². The molecule has 1 aromatic heterocycles. The van der Waals surface area contributed by atoms with E-state index >= 15 is 0 Å². The molecule has 140 valence electrons. The standard InChI is InChI=1S/C18H23FN4O2S/c1-13(2)11-23(16(24)12-22-6-8-25-9-7-22)18-21-20-17(26-18)14-4-3-5-15(19)10-14/h3-5,10,13H,6-9,11-12H2,1-2H3. The largest absolute Gasteiger partial charge is 0.379 e. The lowest BCUT2D eigenvalue weighted by Gasteiger charge is -2.29. The molecule has 0 unspecified atom stereocenters. The molecule has 2 aromatic rings. The summed E-state index contributed by atoms with van der Waals surface area (Å²) >= 11 is 1.31. The number of carbonyl (C=O) groups excluding carboxylic acids is 1. The lowest BCUT2D eigenvalue weighted by molar-refractivity contribution is -0.120. The van der Waals surface area contributed by atoms with Crippen LogP contribution in [-0.2, 0) is 9.53 Å². The zero-order valence-corrected chi connectivity index (χ0v) is 15.8. The van der Waals surface area contributed by atoms with Crippen molar-refractivity contribution < 1.29 is 13.9 Å². The summed E-state index contributed by atoms with van der Waals surface area (Å²) < 4.78 is 18.8. The molecule has 3 rings (SSSR count). The predicted octanol–water partition coefficient (Wildman–Crippen LogP) is 2.67. The Bertz CT molecular complexity index is 746. The molecule has 0 saturated carbocycles. The van der Waals surface area contributed by atoms with Gasteiger partial charge in [0.15, 0.2) is 0 Å². The third-order valence-electron chi connectivity index (χ3n) is 4.03. The topological polar surface area (TPSA) is 58.6 Å². The van der Waals surface area contributed by atoms with Crippen LogP contribution >= 0.6 is 11.3 Å². The van der Waals surface area contributed by atoms with Gasteiger partial charge in [-0.1, -0.05) is 37.3 Å². The first-order valence-electron chi connectivity index (χ1n) is 8.73. The highest BCUT2D eigenvalue weighted by Crippen LogP contribution is 2.29. The number of amides is 1. The Hall–Kier alpha value is -1.90. The summed E-state index contributed by atoms with van der Waals surface area (Å²) in [6.45, 7) is 7.84. The number of morpholine rings is 1. The summed E-state index contributed by atoms with van der Waals surface area (Å²) in [7, 11) is 0. The maximum Gasteiger partial charge on any atom is 0.243 e. The molecule has 26 heavy (non-hydrogen) atoms. The second-order valence-electron chi connectivity index (χ2n) is 6.69. The zero-order valence-electron chi connectivity index (χ0n) is 15.0. The minimum atomic E-state index is -0.318. The van der Waals surface area contributed by atoms with E-state index in [1.54, 1.807) is 17.0 Å². The van der Waals surface area contributed by atoms with E-state index in [2.05, 4.69) is 28.9 Å². The van der Waals surface area contributed by atoms with E-state index in [4.69, 9.17) is 4.74 Å². The molecule has 0 radical (unpaired) electrons. The van der Waals surface area contributed by atoms with Gasteiger partial charge in [0.1, 0.15) is 10.8 Å². The van der Waals surface area contributed by atoms with Crippen LogP contribution in [0.25, 0.3) is 10.6 Å². The second kappa shape index (κ2) is 8.66. The normalized spacial score (nSPS) is 15.4. The number of rotatable bonds is 6. The molecule has 1 saturated heterocycles. The molecule has 0 atom stereocenters. The molecule has 1 aromatic carbocycles. The van der Waals surface area contributed by atoms with Gasteiger partial charge in [-0.05, 0) is 18.1 Å². The van der Waals surface area contributed by atoms with Crippen LogP contribution in [0.15, 0.2) is 24.3 Å². The minimum Gasteiger partial charge on any atom is -0.379 e. The fourth-order valence-corrected chi connectivity index (χ4v) is 3.62. The molecule has 1 aliphatic rings. The molecule has 1 aliphatic heterocycles. The number of anilines is 1. The molecular formula is C18H23FN4O2S. The Labute approximate surface area is 156 Å². The number of nitrogens with zero attached hydrogens (tertiary/aromatic N) is 4. The summed E-state index contributed by atoms with van der Waals surface area (Å²) in [5.74, 6) is -0.0191. The smallest absolute Gasteiger partial charge is 0.243 e. The molecule has 0 bridgehead atoms. The fourth-order valence-electron chi connectivity index (χ4n) is 2.75. The van der Waals surface area contributed by atoms with E-state index in [1.165, 1.54) is 23.5 Å². The molecular weight excluding hydrogens is 355 g/mol. The van der Waals surface area contributed by atoms with Crippen molar-refractivity contribution in [3.63, 3.8) is 0 Å². The molecule has 1 fully saturated rings. The lowest BCUT2D eigenvalue weighted by Crippen LogP contribution is -2.45. The van der Waals surface area contributed by atoms with Crippen molar-refractivity contribution in [3.8, 4) is 10.6 Å². The summed E-state index contributed by atoms with van der Waals surface area (Å²) in [5.41, 5.74) is 0.666. The molecule has 0 spiro atoms. The second-order valence-corrected chi connectivity index (χ2v) is 7.64. The van der Waals surface area contributed by atoms with Gasteiger partial charge in [-0.3, -0.25) is 14.6 Å². The van der Waals surface area contributed by atoms with Gasteiger partial charge in [-0.25, -0.2) is 4.39 Å². The van der Waals surface area contributed by atoms with Crippen molar-refractivity contribution >= 4 is 22.4 Å². The summed E-state index contributed by atoms with van der Waals surface area (Å²) in [4.78, 5) is 16.7. The molecule has 0 N–H and O–H groups in total. The number of carbonyl (C=O) groups is 1. The van der Waals surface area contributed by atoms with Gasteiger partial charge in [0.25, 0.3) is 0 Å². The quantitative estimate of drug-likeness (QED) is 0.773. The Morgan fingerprint density at radius 2 is 2.12 bits per heavy atom. The van der Waals surface area contributed by atoms with Gasteiger partial charge in [-0.15, -0.1) is 10.2 Å². The van der Waals surface area contributed by atoms with E-state index < -0.39 is 0 Å². The van der Waals surface area contributed by atoms with Gasteiger partial charge in [0.05, 0.1) is 19.8 Å². The fraction of sp³-hybridized carbons (Fsp3) is 0.500. The van der Waals surface area contributed by atoms with Crippen LogP contribution in [0, 0.1) is 11.7 Å². The first kappa shape index (κ1) is 18.9. The average molecular weight is 378 g/mol. The van der Waals surface area contributed by atoms with Gasteiger partial charge < -0.3 is 4.74 Å². The Morgan fingerprint density at radius 3 is 2.81 bits per heavy atom. The first-order valence-corrected chi connectivity index (χ1v) is 9.54. The first-order chi connectivity index (χ1) is 12.5. The van der Waals surface area contributed by atoms with Crippen molar-refractivity contribution in [2.24, 2.45) is 5.92 Å². The molecule has 0 aliphatic carbocycles. The Balaban J connectivity index is 1.78. The van der Waals surface area contributed by atoms with Gasteiger partial charge >= 0.3 is 0 Å². The maximum absolute atomic E-state index is 13.5. The van der Waals surface area contributed by atoms with E-state index in [0.29, 0.717) is 47.9 Å². The Kier molecular flexibility index (Phi) is 6.29. The summed E-state index contributed by atoms with van der Waals surface area (Å²) in [5, 5.41) is 9.51. The van der Waals surface area contributed by atoms with Gasteiger partial charge in [0, 0.05) is 25.2 Å². The van der Waals surface area contributed by atoms with Crippen molar-refractivity contribution in [1.29, 1.82) is 0 Å². The summed E-state index contributed by atoms with van der Waals surface area (Å²) in [6, 6.07) is 6.24. The van der Waals surface area contributed by atoms with Gasteiger partial charge in [-0.2, -0.15) is 0 Å². The Morgan fingerprint density at radius 1 is 1.35 bits per heavy atom. The molecule has 8 heteroatoms. The van der Waals surface area contributed by atoms with Crippen molar-refractivity contribution in [2.75, 3.05) is 44.3 Å². The van der Waals surface area contributed by atoms with Crippen molar-refractivity contribution in [1.82, 2.24) is 15.1 Å². The van der Waals surface area contributed by atoms with E-state index in [-0.39, 0.29) is 11.7 Å². The number of halogens is 1.